The summed E-state index contributed by atoms with van der Waals surface area (Å²) in [5.41, 5.74) is 3.52. The van der Waals surface area contributed by atoms with Gasteiger partial charge in [-0.1, -0.05) is 26.0 Å². The van der Waals surface area contributed by atoms with Crippen LogP contribution in [0.15, 0.2) is 39.6 Å². The van der Waals surface area contributed by atoms with Crippen LogP contribution in [0.5, 0.6) is 0 Å². The second-order valence-corrected chi connectivity index (χ2v) is 7.29. The summed E-state index contributed by atoms with van der Waals surface area (Å²) in [6, 6.07) is 8.08. The zero-order chi connectivity index (χ0) is 17.2. The molecule has 6 nitrogen and oxygen atoms in total. The smallest absolute Gasteiger partial charge is 0.269 e. The van der Waals surface area contributed by atoms with Gasteiger partial charge in [-0.15, -0.1) is 4.83 Å². The van der Waals surface area contributed by atoms with Gasteiger partial charge in [0.15, 0.2) is 0 Å². The van der Waals surface area contributed by atoms with Crippen molar-refractivity contribution in [2.45, 2.75) is 38.5 Å². The van der Waals surface area contributed by atoms with Crippen molar-refractivity contribution < 1.29 is 17.6 Å². The zero-order valence-corrected chi connectivity index (χ0v) is 14.3. The van der Waals surface area contributed by atoms with Gasteiger partial charge in [0, 0.05) is 0 Å². The standard InChI is InChI=1S/C16H20N2O4S/c1-10(2)13-5-7-14(8-6-13)23(20,21)18-17-16(19)15-9-11(3)22-12(15)4/h5-10,18H,1-4H3,(H,17,19). The van der Waals surface area contributed by atoms with Crippen molar-refractivity contribution in [2.24, 2.45) is 0 Å². The topological polar surface area (TPSA) is 88.4 Å². The summed E-state index contributed by atoms with van der Waals surface area (Å²) >= 11 is 0. The first-order valence-corrected chi connectivity index (χ1v) is 8.68. The van der Waals surface area contributed by atoms with E-state index in [0.717, 1.165) is 5.56 Å². The van der Waals surface area contributed by atoms with Crippen molar-refractivity contribution >= 4 is 15.9 Å². The number of sulfonamides is 1. The third-order valence-electron chi connectivity index (χ3n) is 3.44. The number of amides is 1. The number of carbonyl (C=O) groups is 1. The van der Waals surface area contributed by atoms with Crippen LogP contribution >= 0.6 is 0 Å². The van der Waals surface area contributed by atoms with Crippen molar-refractivity contribution in [3.63, 3.8) is 0 Å². The van der Waals surface area contributed by atoms with Gasteiger partial charge >= 0.3 is 0 Å². The highest BCUT2D eigenvalue weighted by Crippen LogP contribution is 2.17. The Morgan fingerprint density at radius 3 is 2.22 bits per heavy atom. The maximum absolute atomic E-state index is 12.2. The number of furan rings is 1. The molecule has 0 bridgehead atoms. The van der Waals surface area contributed by atoms with E-state index in [0.29, 0.717) is 23.0 Å². The average molecular weight is 336 g/mol. The van der Waals surface area contributed by atoms with Crippen LogP contribution in [0.2, 0.25) is 0 Å². The summed E-state index contributed by atoms with van der Waals surface area (Å²) in [6.07, 6.45) is 0. The Kier molecular flexibility index (Phi) is 4.91. The molecule has 23 heavy (non-hydrogen) atoms. The molecule has 7 heteroatoms. The Morgan fingerprint density at radius 2 is 1.74 bits per heavy atom. The average Bonchev–Trinajstić information content (AvgIpc) is 2.83. The van der Waals surface area contributed by atoms with Crippen LogP contribution in [0, 0.1) is 13.8 Å². The molecule has 0 unspecified atom stereocenters. The van der Waals surface area contributed by atoms with E-state index < -0.39 is 15.9 Å². The van der Waals surface area contributed by atoms with E-state index in [1.807, 2.05) is 13.8 Å². The lowest BCUT2D eigenvalue weighted by Crippen LogP contribution is -2.41. The molecule has 0 aliphatic heterocycles. The molecule has 2 rings (SSSR count). The molecule has 0 radical (unpaired) electrons. The fourth-order valence-corrected chi connectivity index (χ4v) is 2.97. The molecule has 0 saturated carbocycles. The quantitative estimate of drug-likeness (QED) is 0.822. The van der Waals surface area contributed by atoms with Crippen LogP contribution in [0.4, 0.5) is 0 Å². The summed E-state index contributed by atoms with van der Waals surface area (Å²) < 4.78 is 29.6. The van der Waals surface area contributed by atoms with Crippen LogP contribution < -0.4 is 10.3 Å². The Bertz CT molecular complexity index is 805. The molecule has 0 spiro atoms. The van der Waals surface area contributed by atoms with Gasteiger partial charge in [0.05, 0.1) is 10.5 Å². The highest BCUT2D eigenvalue weighted by molar-refractivity contribution is 7.89. The van der Waals surface area contributed by atoms with E-state index in [-0.39, 0.29) is 4.90 Å². The van der Waals surface area contributed by atoms with Gasteiger partial charge in [0.25, 0.3) is 15.9 Å². The molecule has 1 amide bonds. The van der Waals surface area contributed by atoms with Gasteiger partial charge in [0.2, 0.25) is 0 Å². The molecule has 0 aliphatic rings. The van der Waals surface area contributed by atoms with Gasteiger partial charge in [-0.3, -0.25) is 10.2 Å². The minimum absolute atomic E-state index is 0.0855. The molecule has 1 heterocycles. The van der Waals surface area contributed by atoms with Gasteiger partial charge < -0.3 is 4.42 Å². The lowest BCUT2D eigenvalue weighted by molar-refractivity contribution is 0.0943. The van der Waals surface area contributed by atoms with E-state index in [9.17, 15) is 13.2 Å². The first-order chi connectivity index (χ1) is 10.7. The van der Waals surface area contributed by atoms with Gasteiger partial charge in [-0.25, -0.2) is 8.42 Å². The summed E-state index contributed by atoms with van der Waals surface area (Å²) in [5.74, 6) is 0.758. The van der Waals surface area contributed by atoms with E-state index in [1.54, 1.807) is 32.0 Å². The van der Waals surface area contributed by atoms with E-state index in [4.69, 9.17) is 4.42 Å². The second kappa shape index (κ2) is 6.55. The number of carbonyl (C=O) groups excluding carboxylic acids is 1. The fraction of sp³-hybridized carbons (Fsp3) is 0.312. The van der Waals surface area contributed by atoms with Crippen LogP contribution in [0.25, 0.3) is 0 Å². The lowest BCUT2D eigenvalue weighted by Gasteiger charge is -2.10. The highest BCUT2D eigenvalue weighted by Gasteiger charge is 2.18. The van der Waals surface area contributed by atoms with Crippen molar-refractivity contribution in [1.29, 1.82) is 0 Å². The molecule has 1 aromatic heterocycles. The van der Waals surface area contributed by atoms with E-state index in [2.05, 4.69) is 10.3 Å². The minimum atomic E-state index is -3.82. The first-order valence-electron chi connectivity index (χ1n) is 7.20. The molecule has 2 N–H and O–H groups in total. The Morgan fingerprint density at radius 1 is 1.13 bits per heavy atom. The summed E-state index contributed by atoms with van der Waals surface area (Å²) in [6.45, 7) is 7.40. The highest BCUT2D eigenvalue weighted by atomic mass is 32.2. The second-order valence-electron chi connectivity index (χ2n) is 5.61. The summed E-state index contributed by atoms with van der Waals surface area (Å²) in [5, 5.41) is 0. The fourth-order valence-electron chi connectivity index (χ4n) is 2.13. The third kappa shape index (κ3) is 4.00. The van der Waals surface area contributed by atoms with Gasteiger partial charge in [-0.05, 0) is 43.5 Å². The zero-order valence-electron chi connectivity index (χ0n) is 13.5. The molecule has 0 aliphatic carbocycles. The van der Waals surface area contributed by atoms with Crippen molar-refractivity contribution in [3.05, 3.63) is 53.0 Å². The predicted molar refractivity (Wildman–Crippen MR) is 86.5 cm³/mol. The first kappa shape index (κ1) is 17.2. The maximum Gasteiger partial charge on any atom is 0.269 e. The number of rotatable bonds is 5. The minimum Gasteiger partial charge on any atom is -0.466 e. The number of nitrogens with one attached hydrogen (secondary N) is 2. The van der Waals surface area contributed by atoms with Crippen LogP contribution in [-0.2, 0) is 10.0 Å². The molecule has 124 valence electrons. The van der Waals surface area contributed by atoms with Gasteiger partial charge in [0.1, 0.15) is 11.5 Å². The normalized spacial score (nSPS) is 11.7. The van der Waals surface area contributed by atoms with Crippen LogP contribution in [-0.4, -0.2) is 14.3 Å². The summed E-state index contributed by atoms with van der Waals surface area (Å²) in [4.78, 5) is 14.2. The molecule has 0 atom stereocenters. The number of aryl methyl sites for hydroxylation is 2. The SMILES string of the molecule is Cc1cc(C(=O)NNS(=O)(=O)c2ccc(C(C)C)cc2)c(C)o1. The lowest BCUT2D eigenvalue weighted by atomic mass is 10.0. The number of benzene rings is 1. The van der Waals surface area contributed by atoms with Crippen LogP contribution in [0.3, 0.4) is 0 Å². The number of hydrazine groups is 1. The molecule has 2 aromatic rings. The Balaban J connectivity index is 2.09. The van der Waals surface area contributed by atoms with E-state index >= 15 is 0 Å². The van der Waals surface area contributed by atoms with Crippen molar-refractivity contribution in [3.8, 4) is 0 Å². The van der Waals surface area contributed by atoms with Crippen molar-refractivity contribution in [1.82, 2.24) is 10.3 Å². The number of hydrogen-bond donors (Lipinski definition) is 2. The monoisotopic (exact) mass is 336 g/mol. The Labute approximate surface area is 135 Å². The number of hydrogen-bond acceptors (Lipinski definition) is 4. The molecular formula is C16H20N2O4S. The van der Waals surface area contributed by atoms with Crippen molar-refractivity contribution in [2.75, 3.05) is 0 Å². The molecule has 1 aromatic carbocycles. The third-order valence-corrected chi connectivity index (χ3v) is 4.71. The molecular weight excluding hydrogens is 316 g/mol. The largest absolute Gasteiger partial charge is 0.466 e. The predicted octanol–water partition coefficient (Wildman–Crippen LogP) is 2.64. The molecule has 0 fully saturated rings. The Hall–Kier alpha value is -2.12. The summed E-state index contributed by atoms with van der Waals surface area (Å²) in [7, 11) is -3.82. The van der Waals surface area contributed by atoms with E-state index in [1.165, 1.54) is 12.1 Å². The van der Waals surface area contributed by atoms with Gasteiger partial charge in [-0.2, -0.15) is 0 Å². The molecule has 0 saturated heterocycles. The van der Waals surface area contributed by atoms with Crippen LogP contribution in [0.1, 0.15) is 47.2 Å². The maximum atomic E-state index is 12.2.